The summed E-state index contributed by atoms with van der Waals surface area (Å²) in [6, 6.07) is 20.7. The van der Waals surface area contributed by atoms with Crippen LogP contribution in [-0.4, -0.2) is 26.0 Å². The quantitative estimate of drug-likeness (QED) is 0.676. The van der Waals surface area contributed by atoms with E-state index in [9.17, 15) is 9.59 Å². The van der Waals surface area contributed by atoms with Crippen LogP contribution in [0.5, 0.6) is 11.5 Å². The van der Waals surface area contributed by atoms with E-state index in [0.29, 0.717) is 34.0 Å². The number of carbonyl (C=O) groups excluding carboxylic acids is 2. The fourth-order valence-electron chi connectivity index (χ4n) is 2.61. The van der Waals surface area contributed by atoms with Crippen molar-refractivity contribution in [3.8, 4) is 11.5 Å². The summed E-state index contributed by atoms with van der Waals surface area (Å²) < 4.78 is 10.4. The summed E-state index contributed by atoms with van der Waals surface area (Å²) in [5, 5.41) is 5.63. The average Bonchev–Trinajstić information content (AvgIpc) is 2.74. The largest absolute Gasteiger partial charge is 0.497 e. The van der Waals surface area contributed by atoms with E-state index in [1.165, 1.54) is 7.11 Å². The molecule has 0 atom stereocenters. The molecule has 0 unspecified atom stereocenters. The summed E-state index contributed by atoms with van der Waals surface area (Å²) >= 11 is 0. The lowest BCUT2D eigenvalue weighted by molar-refractivity contribution is 0.101. The summed E-state index contributed by atoms with van der Waals surface area (Å²) in [7, 11) is 3.08. The van der Waals surface area contributed by atoms with E-state index < -0.39 is 0 Å². The number of methoxy groups -OCH3 is 2. The first kappa shape index (κ1) is 19.0. The minimum atomic E-state index is -0.299. The Morgan fingerprint density at radius 2 is 1.36 bits per heavy atom. The van der Waals surface area contributed by atoms with Gasteiger partial charge in [0.05, 0.1) is 19.9 Å². The number of amides is 2. The number of rotatable bonds is 6. The first-order chi connectivity index (χ1) is 13.6. The van der Waals surface area contributed by atoms with E-state index in [2.05, 4.69) is 10.6 Å². The van der Waals surface area contributed by atoms with Crippen LogP contribution in [0.2, 0.25) is 0 Å². The molecule has 6 nitrogen and oxygen atoms in total. The molecule has 0 fully saturated rings. The highest BCUT2D eigenvalue weighted by Gasteiger charge is 2.12. The second kappa shape index (κ2) is 8.73. The molecule has 0 aliphatic carbocycles. The Morgan fingerprint density at radius 1 is 0.714 bits per heavy atom. The second-order valence-corrected chi connectivity index (χ2v) is 5.92. The van der Waals surface area contributed by atoms with Gasteiger partial charge in [-0.3, -0.25) is 9.59 Å². The van der Waals surface area contributed by atoms with E-state index >= 15 is 0 Å². The zero-order chi connectivity index (χ0) is 19.9. The van der Waals surface area contributed by atoms with Crippen LogP contribution in [0.1, 0.15) is 20.7 Å². The van der Waals surface area contributed by atoms with E-state index in [4.69, 9.17) is 9.47 Å². The Morgan fingerprint density at radius 3 is 2.00 bits per heavy atom. The molecule has 0 saturated heterocycles. The van der Waals surface area contributed by atoms with Crippen molar-refractivity contribution in [2.45, 2.75) is 0 Å². The van der Waals surface area contributed by atoms with Gasteiger partial charge in [-0.2, -0.15) is 0 Å². The highest BCUT2D eigenvalue weighted by molar-refractivity contribution is 6.07. The smallest absolute Gasteiger partial charge is 0.255 e. The van der Waals surface area contributed by atoms with Gasteiger partial charge in [0.1, 0.15) is 11.5 Å². The molecular formula is C22H20N2O4. The van der Waals surface area contributed by atoms with Crippen LogP contribution < -0.4 is 20.1 Å². The average molecular weight is 376 g/mol. The Balaban J connectivity index is 1.78. The van der Waals surface area contributed by atoms with Crippen LogP contribution in [0.15, 0.2) is 72.8 Å². The van der Waals surface area contributed by atoms with Gasteiger partial charge in [0.25, 0.3) is 11.8 Å². The van der Waals surface area contributed by atoms with E-state index in [1.54, 1.807) is 73.8 Å². The molecule has 2 N–H and O–H groups in total. The first-order valence-corrected chi connectivity index (χ1v) is 8.60. The molecule has 6 heteroatoms. The Hall–Kier alpha value is -3.80. The summed E-state index contributed by atoms with van der Waals surface area (Å²) in [6.45, 7) is 0. The zero-order valence-electron chi connectivity index (χ0n) is 15.6. The summed E-state index contributed by atoms with van der Waals surface area (Å²) in [4.78, 5) is 24.9. The minimum absolute atomic E-state index is 0.238. The van der Waals surface area contributed by atoms with Crippen molar-refractivity contribution in [3.63, 3.8) is 0 Å². The summed E-state index contributed by atoms with van der Waals surface area (Å²) in [6.07, 6.45) is 0. The van der Waals surface area contributed by atoms with Gasteiger partial charge in [0.2, 0.25) is 0 Å². The van der Waals surface area contributed by atoms with Crippen LogP contribution in [0, 0.1) is 0 Å². The van der Waals surface area contributed by atoms with Crippen molar-refractivity contribution < 1.29 is 19.1 Å². The lowest BCUT2D eigenvalue weighted by atomic mass is 10.1. The molecule has 3 aromatic carbocycles. The molecule has 0 radical (unpaired) electrons. The molecule has 28 heavy (non-hydrogen) atoms. The third kappa shape index (κ3) is 4.48. The van der Waals surface area contributed by atoms with E-state index in [-0.39, 0.29) is 11.8 Å². The molecular weight excluding hydrogens is 356 g/mol. The molecule has 0 aromatic heterocycles. The third-order valence-electron chi connectivity index (χ3n) is 4.09. The van der Waals surface area contributed by atoms with Gasteiger partial charge in [-0.25, -0.2) is 0 Å². The normalized spacial score (nSPS) is 10.1. The zero-order valence-corrected chi connectivity index (χ0v) is 15.6. The molecule has 0 aliphatic heterocycles. The molecule has 0 saturated carbocycles. The summed E-state index contributed by atoms with van der Waals surface area (Å²) in [5.41, 5.74) is 2.01. The molecule has 142 valence electrons. The topological polar surface area (TPSA) is 76.7 Å². The molecule has 0 bridgehead atoms. The molecule has 3 rings (SSSR count). The molecule has 0 heterocycles. The van der Waals surface area contributed by atoms with Crippen molar-refractivity contribution in [2.75, 3.05) is 24.9 Å². The Bertz CT molecular complexity index is 970. The number of ether oxygens (including phenoxy) is 2. The van der Waals surface area contributed by atoms with Gasteiger partial charge in [-0.1, -0.05) is 18.2 Å². The summed E-state index contributed by atoms with van der Waals surface area (Å²) in [5.74, 6) is 0.616. The lowest BCUT2D eigenvalue weighted by Gasteiger charge is -2.13. The van der Waals surface area contributed by atoms with Crippen LogP contribution in [-0.2, 0) is 0 Å². The Kier molecular flexibility index (Phi) is 5.91. The highest BCUT2D eigenvalue weighted by atomic mass is 16.5. The standard InChI is InChI=1S/C22H20N2O4/c1-27-18-11-8-16(9-12-18)22(26)24-19-14-17(10-13-20(19)28-2)23-21(25)15-6-4-3-5-7-15/h3-14H,1-2H3,(H,23,25)(H,24,26). The van der Waals surface area contributed by atoms with Gasteiger partial charge < -0.3 is 20.1 Å². The Labute approximate surface area is 163 Å². The van der Waals surface area contributed by atoms with Crippen molar-refractivity contribution in [3.05, 3.63) is 83.9 Å². The number of benzene rings is 3. The van der Waals surface area contributed by atoms with Crippen molar-refractivity contribution in [1.29, 1.82) is 0 Å². The number of hydrogen-bond acceptors (Lipinski definition) is 4. The third-order valence-corrected chi connectivity index (χ3v) is 4.09. The second-order valence-electron chi connectivity index (χ2n) is 5.92. The molecule has 3 aromatic rings. The monoisotopic (exact) mass is 376 g/mol. The molecule has 0 spiro atoms. The number of anilines is 2. The predicted molar refractivity (Wildman–Crippen MR) is 108 cm³/mol. The van der Waals surface area contributed by atoms with Gasteiger partial charge in [-0.05, 0) is 54.6 Å². The van der Waals surface area contributed by atoms with Crippen LogP contribution in [0.3, 0.4) is 0 Å². The molecule has 2 amide bonds. The maximum absolute atomic E-state index is 12.5. The van der Waals surface area contributed by atoms with Gasteiger partial charge in [-0.15, -0.1) is 0 Å². The van der Waals surface area contributed by atoms with Crippen molar-refractivity contribution in [2.24, 2.45) is 0 Å². The minimum Gasteiger partial charge on any atom is -0.497 e. The predicted octanol–water partition coefficient (Wildman–Crippen LogP) is 4.21. The van der Waals surface area contributed by atoms with E-state index in [1.807, 2.05) is 6.07 Å². The maximum Gasteiger partial charge on any atom is 0.255 e. The van der Waals surface area contributed by atoms with Gasteiger partial charge in [0, 0.05) is 16.8 Å². The fraction of sp³-hybridized carbons (Fsp3) is 0.0909. The molecule has 0 aliphatic rings. The van der Waals surface area contributed by atoms with Crippen LogP contribution in [0.25, 0.3) is 0 Å². The van der Waals surface area contributed by atoms with Crippen LogP contribution >= 0.6 is 0 Å². The highest BCUT2D eigenvalue weighted by Crippen LogP contribution is 2.28. The van der Waals surface area contributed by atoms with Crippen molar-refractivity contribution in [1.82, 2.24) is 0 Å². The SMILES string of the molecule is COc1ccc(C(=O)Nc2cc(NC(=O)c3ccccc3)ccc2OC)cc1. The van der Waals surface area contributed by atoms with Gasteiger partial charge >= 0.3 is 0 Å². The fourth-order valence-corrected chi connectivity index (χ4v) is 2.61. The van der Waals surface area contributed by atoms with Gasteiger partial charge in [0.15, 0.2) is 0 Å². The van der Waals surface area contributed by atoms with Crippen LogP contribution in [0.4, 0.5) is 11.4 Å². The lowest BCUT2D eigenvalue weighted by Crippen LogP contribution is -2.14. The number of carbonyl (C=O) groups is 2. The number of hydrogen-bond donors (Lipinski definition) is 2. The van der Waals surface area contributed by atoms with E-state index in [0.717, 1.165) is 0 Å². The number of nitrogens with one attached hydrogen (secondary N) is 2. The first-order valence-electron chi connectivity index (χ1n) is 8.60. The van der Waals surface area contributed by atoms with Crippen molar-refractivity contribution >= 4 is 23.2 Å². The maximum atomic E-state index is 12.5.